The Morgan fingerprint density at radius 2 is 2.11 bits per heavy atom. The molecule has 0 unspecified atom stereocenters. The Kier molecular flexibility index (Phi) is 4.14. The molecule has 0 aliphatic rings. The maximum absolute atomic E-state index is 12.0. The molecule has 18 heavy (non-hydrogen) atoms. The summed E-state index contributed by atoms with van der Waals surface area (Å²) < 4.78 is 6.19. The van der Waals surface area contributed by atoms with Crippen LogP contribution in [0.15, 0.2) is 38.0 Å². The summed E-state index contributed by atoms with van der Waals surface area (Å²) in [5, 5.41) is 3.36. The van der Waals surface area contributed by atoms with Gasteiger partial charge in [-0.2, -0.15) is 0 Å². The predicted molar refractivity (Wildman–Crippen MR) is 78.3 cm³/mol. The van der Waals surface area contributed by atoms with E-state index in [1.54, 1.807) is 12.1 Å². The van der Waals surface area contributed by atoms with E-state index in [9.17, 15) is 4.79 Å². The number of hydrogen-bond donors (Lipinski definition) is 1. The summed E-state index contributed by atoms with van der Waals surface area (Å²) in [6, 6.07) is 5.14. The number of anilines is 1. The smallest absolute Gasteiger partial charge is 0.260 e. The molecular formula is C12H8Br2ClNO2. The van der Waals surface area contributed by atoms with Crippen molar-refractivity contribution in [1.82, 2.24) is 0 Å². The van der Waals surface area contributed by atoms with Crippen LogP contribution in [0.5, 0.6) is 0 Å². The lowest BCUT2D eigenvalue weighted by atomic mass is 10.2. The monoisotopic (exact) mass is 391 g/mol. The topological polar surface area (TPSA) is 42.2 Å². The summed E-state index contributed by atoms with van der Waals surface area (Å²) in [7, 11) is 0. The van der Waals surface area contributed by atoms with Crippen molar-refractivity contribution in [3.8, 4) is 0 Å². The fraction of sp³-hybridized carbons (Fsp3) is 0.0833. The molecule has 94 valence electrons. The highest BCUT2D eigenvalue weighted by Gasteiger charge is 2.14. The molecular weight excluding hydrogens is 385 g/mol. The van der Waals surface area contributed by atoms with E-state index in [-0.39, 0.29) is 5.91 Å². The van der Waals surface area contributed by atoms with Crippen molar-refractivity contribution in [2.24, 2.45) is 0 Å². The van der Waals surface area contributed by atoms with E-state index >= 15 is 0 Å². The van der Waals surface area contributed by atoms with E-state index in [0.29, 0.717) is 20.9 Å². The summed E-state index contributed by atoms with van der Waals surface area (Å²) in [6.07, 6.45) is 1.44. The minimum atomic E-state index is -0.267. The van der Waals surface area contributed by atoms with E-state index in [0.717, 1.165) is 10.0 Å². The SMILES string of the molecule is Cc1cc(Br)c(NC(=O)c2ccoc2Br)cc1Cl. The highest BCUT2D eigenvalue weighted by molar-refractivity contribution is 9.10. The lowest BCUT2D eigenvalue weighted by Gasteiger charge is -2.08. The van der Waals surface area contributed by atoms with E-state index in [2.05, 4.69) is 37.2 Å². The average molecular weight is 393 g/mol. The van der Waals surface area contributed by atoms with Gasteiger partial charge in [-0.15, -0.1) is 0 Å². The maximum Gasteiger partial charge on any atom is 0.260 e. The minimum Gasteiger partial charge on any atom is -0.457 e. The molecule has 1 aromatic heterocycles. The first kappa shape index (κ1) is 13.6. The van der Waals surface area contributed by atoms with Crippen LogP contribution in [0.25, 0.3) is 0 Å². The van der Waals surface area contributed by atoms with Gasteiger partial charge in [0.25, 0.3) is 5.91 Å². The molecule has 0 aliphatic heterocycles. The van der Waals surface area contributed by atoms with Gasteiger partial charge in [-0.3, -0.25) is 4.79 Å². The first-order valence-corrected chi connectivity index (χ1v) is 6.95. The molecule has 0 radical (unpaired) electrons. The largest absolute Gasteiger partial charge is 0.457 e. The zero-order valence-electron chi connectivity index (χ0n) is 9.26. The third kappa shape index (κ3) is 2.79. The average Bonchev–Trinajstić information content (AvgIpc) is 2.72. The number of carbonyl (C=O) groups excluding carboxylic acids is 1. The van der Waals surface area contributed by atoms with Crippen LogP contribution in [0, 0.1) is 6.92 Å². The van der Waals surface area contributed by atoms with Gasteiger partial charge in [0.05, 0.1) is 17.5 Å². The van der Waals surface area contributed by atoms with Crippen LogP contribution < -0.4 is 5.32 Å². The number of carbonyl (C=O) groups is 1. The van der Waals surface area contributed by atoms with Crippen LogP contribution in [0.2, 0.25) is 5.02 Å². The molecule has 1 N–H and O–H groups in total. The second-order valence-electron chi connectivity index (χ2n) is 3.64. The molecule has 0 saturated heterocycles. The fourth-order valence-electron chi connectivity index (χ4n) is 1.39. The molecule has 0 bridgehead atoms. The first-order chi connectivity index (χ1) is 8.49. The second kappa shape index (κ2) is 5.47. The number of rotatable bonds is 2. The lowest BCUT2D eigenvalue weighted by molar-refractivity contribution is 0.102. The summed E-state index contributed by atoms with van der Waals surface area (Å²) in [5.41, 5.74) is 1.98. The van der Waals surface area contributed by atoms with Crippen molar-refractivity contribution in [2.45, 2.75) is 6.92 Å². The van der Waals surface area contributed by atoms with Crippen molar-refractivity contribution in [1.29, 1.82) is 0 Å². The zero-order valence-corrected chi connectivity index (χ0v) is 13.2. The van der Waals surface area contributed by atoms with Gasteiger partial charge in [-0.1, -0.05) is 11.6 Å². The van der Waals surface area contributed by atoms with Gasteiger partial charge < -0.3 is 9.73 Å². The minimum absolute atomic E-state index is 0.267. The standard InChI is InChI=1S/C12H8Br2ClNO2/c1-6-4-8(13)10(5-9(6)15)16-12(17)7-2-3-18-11(7)14/h2-5H,1H3,(H,16,17). The summed E-state index contributed by atoms with van der Waals surface area (Å²) in [5.74, 6) is -0.267. The van der Waals surface area contributed by atoms with E-state index in [1.165, 1.54) is 6.26 Å². The van der Waals surface area contributed by atoms with Gasteiger partial charge in [0, 0.05) is 9.50 Å². The van der Waals surface area contributed by atoms with Crippen molar-refractivity contribution < 1.29 is 9.21 Å². The van der Waals surface area contributed by atoms with Gasteiger partial charge in [0.1, 0.15) is 0 Å². The van der Waals surface area contributed by atoms with Crippen LogP contribution in [-0.4, -0.2) is 5.91 Å². The van der Waals surface area contributed by atoms with E-state index in [1.807, 2.05) is 13.0 Å². The van der Waals surface area contributed by atoms with Crippen LogP contribution in [0.3, 0.4) is 0 Å². The van der Waals surface area contributed by atoms with Crippen LogP contribution >= 0.6 is 43.5 Å². The Balaban J connectivity index is 2.28. The molecule has 2 rings (SSSR count). The highest BCUT2D eigenvalue weighted by atomic mass is 79.9. The molecule has 0 fully saturated rings. The molecule has 1 aromatic carbocycles. The third-order valence-corrected chi connectivity index (χ3v) is 4.04. The normalized spacial score (nSPS) is 10.4. The van der Waals surface area contributed by atoms with Gasteiger partial charge >= 0.3 is 0 Å². The molecule has 6 heteroatoms. The molecule has 0 spiro atoms. The van der Waals surface area contributed by atoms with Crippen molar-refractivity contribution in [3.05, 3.63) is 49.8 Å². The summed E-state index contributed by atoms with van der Waals surface area (Å²) in [4.78, 5) is 12.0. The van der Waals surface area contributed by atoms with Crippen LogP contribution in [0.1, 0.15) is 15.9 Å². The Morgan fingerprint density at radius 3 is 2.72 bits per heavy atom. The third-order valence-electron chi connectivity index (χ3n) is 2.36. The Hall–Kier alpha value is -0.780. The Bertz CT molecular complexity index is 610. The number of benzene rings is 1. The molecule has 0 aliphatic carbocycles. The van der Waals surface area contributed by atoms with Crippen LogP contribution in [0.4, 0.5) is 5.69 Å². The Morgan fingerprint density at radius 1 is 1.39 bits per heavy atom. The van der Waals surface area contributed by atoms with Gasteiger partial charge in [-0.05, 0) is 62.5 Å². The van der Waals surface area contributed by atoms with Crippen LogP contribution in [-0.2, 0) is 0 Å². The number of amides is 1. The maximum atomic E-state index is 12.0. The molecule has 1 heterocycles. The zero-order chi connectivity index (χ0) is 13.3. The number of nitrogens with one attached hydrogen (secondary N) is 1. The molecule has 0 atom stereocenters. The highest BCUT2D eigenvalue weighted by Crippen LogP contribution is 2.30. The fourth-order valence-corrected chi connectivity index (χ4v) is 2.53. The summed E-state index contributed by atoms with van der Waals surface area (Å²) in [6.45, 7) is 1.89. The molecule has 3 nitrogen and oxygen atoms in total. The van der Waals surface area contributed by atoms with Gasteiger partial charge in [0.15, 0.2) is 4.67 Å². The van der Waals surface area contributed by atoms with E-state index in [4.69, 9.17) is 16.0 Å². The van der Waals surface area contributed by atoms with Gasteiger partial charge in [-0.25, -0.2) is 0 Å². The second-order valence-corrected chi connectivity index (χ2v) is 5.63. The van der Waals surface area contributed by atoms with Crippen molar-refractivity contribution in [3.63, 3.8) is 0 Å². The van der Waals surface area contributed by atoms with Crippen molar-refractivity contribution >= 4 is 55.1 Å². The molecule has 2 aromatic rings. The van der Waals surface area contributed by atoms with Gasteiger partial charge in [0.2, 0.25) is 0 Å². The summed E-state index contributed by atoms with van der Waals surface area (Å²) >= 11 is 12.6. The lowest BCUT2D eigenvalue weighted by Crippen LogP contribution is -2.12. The molecule has 1 amide bonds. The predicted octanol–water partition coefficient (Wildman–Crippen LogP) is 5.02. The van der Waals surface area contributed by atoms with E-state index < -0.39 is 0 Å². The number of aryl methyl sites for hydroxylation is 1. The Labute approximate surface area is 126 Å². The quantitative estimate of drug-likeness (QED) is 0.779. The number of furan rings is 1. The number of hydrogen-bond acceptors (Lipinski definition) is 2. The van der Waals surface area contributed by atoms with Crippen molar-refractivity contribution in [2.75, 3.05) is 5.32 Å². The molecule has 0 saturated carbocycles. The number of halogens is 3. The first-order valence-electron chi connectivity index (χ1n) is 4.99.